The van der Waals surface area contributed by atoms with Gasteiger partial charge in [-0.25, -0.2) is 9.97 Å². The molecular formula is C58H84ClIN6O3Si2. The molecule has 0 spiro atoms. The molecule has 1 unspecified atom stereocenters. The minimum absolute atomic E-state index is 0.111. The Kier molecular flexibility index (Phi) is 20.2. The van der Waals surface area contributed by atoms with Crippen molar-refractivity contribution in [3.8, 4) is 5.75 Å². The highest BCUT2D eigenvalue weighted by molar-refractivity contribution is 14.1. The molecule has 0 bridgehead atoms. The Labute approximate surface area is 447 Å². The molecule has 2 N–H and O–H groups in total. The monoisotopic (exact) mass is 1130 g/mol. The summed E-state index contributed by atoms with van der Waals surface area (Å²) in [6.07, 6.45) is 12.1. The van der Waals surface area contributed by atoms with Crippen molar-refractivity contribution in [2.24, 2.45) is 11.8 Å². The first kappa shape index (κ1) is 56.9. The Morgan fingerprint density at radius 2 is 1.01 bits per heavy atom. The molecule has 2 aliphatic heterocycles. The first-order chi connectivity index (χ1) is 33.8. The van der Waals surface area contributed by atoms with E-state index in [-0.39, 0.29) is 11.7 Å². The Morgan fingerprint density at radius 3 is 1.44 bits per heavy atom. The van der Waals surface area contributed by atoms with Crippen molar-refractivity contribution in [2.75, 3.05) is 26.2 Å². The van der Waals surface area contributed by atoms with Crippen LogP contribution < -0.4 is 0 Å². The van der Waals surface area contributed by atoms with Crippen molar-refractivity contribution < 1.29 is 15.0 Å². The zero-order chi connectivity index (χ0) is 51.8. The maximum Gasteiger partial charge on any atom is 0.171 e. The van der Waals surface area contributed by atoms with Gasteiger partial charge in [0.2, 0.25) is 0 Å². The number of carbonyl (C=O) groups is 1. The third kappa shape index (κ3) is 12.3. The number of pyridine rings is 2. The topological polar surface area (TPSA) is 99.6 Å². The van der Waals surface area contributed by atoms with Gasteiger partial charge in [-0.05, 0) is 149 Å². The van der Waals surface area contributed by atoms with Gasteiger partial charge in [0.25, 0.3) is 0 Å². The van der Waals surface area contributed by atoms with Crippen LogP contribution in [0.5, 0.6) is 5.75 Å². The smallest absolute Gasteiger partial charge is 0.171 e. The average Bonchev–Trinajstić information content (AvgIpc) is 3.97. The molecule has 13 heteroatoms. The molecule has 2 saturated heterocycles. The van der Waals surface area contributed by atoms with E-state index in [9.17, 15) is 15.0 Å². The third-order valence-electron chi connectivity index (χ3n) is 16.4. The van der Waals surface area contributed by atoms with Gasteiger partial charge in [0.1, 0.15) is 23.3 Å². The lowest BCUT2D eigenvalue weighted by molar-refractivity contribution is -0.112. The van der Waals surface area contributed by atoms with Gasteiger partial charge in [0.15, 0.2) is 16.5 Å². The average molecular weight is 1130 g/mol. The number of likely N-dealkylation sites (tertiary alicyclic amines) is 2. The molecule has 0 radical (unpaired) electrons. The summed E-state index contributed by atoms with van der Waals surface area (Å²) < 4.78 is 6.10. The van der Waals surface area contributed by atoms with Gasteiger partial charge in [-0.1, -0.05) is 155 Å². The Morgan fingerprint density at radius 1 is 0.620 bits per heavy atom. The molecule has 71 heavy (non-hydrogen) atoms. The summed E-state index contributed by atoms with van der Waals surface area (Å²) in [7, 11) is -3.74. The van der Waals surface area contributed by atoms with Gasteiger partial charge < -0.3 is 23.5 Å². The van der Waals surface area contributed by atoms with Gasteiger partial charge in [0, 0.05) is 45.1 Å². The molecule has 2 aliphatic rings. The first-order valence-corrected chi connectivity index (χ1v) is 32.3. The fourth-order valence-corrected chi connectivity index (χ4v) is 27.1. The number of aliphatic hydroxyl groups excluding tert-OH is 1. The van der Waals surface area contributed by atoms with Crippen LogP contribution in [0.3, 0.4) is 0 Å². The summed E-state index contributed by atoms with van der Waals surface area (Å²) in [5.74, 6) is 0.543. The minimum Gasteiger partial charge on any atom is -0.506 e. The van der Waals surface area contributed by atoms with E-state index in [1.54, 1.807) is 12.4 Å². The largest absolute Gasteiger partial charge is 0.506 e. The van der Waals surface area contributed by atoms with Crippen molar-refractivity contribution in [3.63, 3.8) is 0 Å². The van der Waals surface area contributed by atoms with Crippen molar-refractivity contribution in [2.45, 2.75) is 161 Å². The molecule has 0 amide bonds. The fourth-order valence-electron chi connectivity index (χ4n) is 13.3. The van der Waals surface area contributed by atoms with Crippen molar-refractivity contribution in [1.82, 2.24) is 28.2 Å². The van der Waals surface area contributed by atoms with E-state index in [4.69, 9.17) is 16.6 Å². The molecule has 8 rings (SSSR count). The van der Waals surface area contributed by atoms with Crippen molar-refractivity contribution >= 4 is 79.0 Å². The molecule has 9 nitrogen and oxygen atoms in total. The number of carbonyl (C=O) groups excluding carboxylic acids is 1. The molecule has 0 saturated carbocycles. The number of halogens is 2. The van der Waals surface area contributed by atoms with E-state index in [1.807, 2.05) is 6.07 Å². The summed E-state index contributed by atoms with van der Waals surface area (Å²) in [6, 6.07) is 25.4. The van der Waals surface area contributed by atoms with Gasteiger partial charge in [-0.3, -0.25) is 9.80 Å². The van der Waals surface area contributed by atoms with Gasteiger partial charge in [0.05, 0.1) is 17.3 Å². The Balaban J connectivity index is 0.000000193. The van der Waals surface area contributed by atoms with E-state index in [0.29, 0.717) is 44.7 Å². The first-order valence-electron chi connectivity index (χ1n) is 26.5. The molecule has 4 aromatic heterocycles. The highest BCUT2D eigenvalue weighted by Gasteiger charge is 2.47. The maximum absolute atomic E-state index is 11.5. The highest BCUT2D eigenvalue weighted by Crippen LogP contribution is 2.47. The third-order valence-corrected chi connectivity index (χ3v) is 31.7. The summed E-state index contributed by atoms with van der Waals surface area (Å²) in [5.41, 5.74) is 8.95. The fraction of sp³-hybridized carbons (Fsp3) is 0.534. The van der Waals surface area contributed by atoms with E-state index in [2.05, 4.69) is 208 Å². The number of nitrogens with zero attached hydrogens (tertiary/aromatic N) is 6. The van der Waals surface area contributed by atoms with Crippen LogP contribution in [0.4, 0.5) is 0 Å². The SMILES string of the molecule is CC(C)[Si](C(C)C)(C(C)C)n1ccc2c(C(O)C3CCN(Cc4ccccc4)CC3)c(O)cnc21.CC(C)[Si](C(C)C)(C(C)C)n1ccc2c(I)c(Cl)cnc21.O=CC1CCN(Cc2ccccc2)CC1. The molecule has 2 aromatic carbocycles. The van der Waals surface area contributed by atoms with E-state index in [1.165, 1.54) is 16.5 Å². The number of aldehydes is 1. The lowest BCUT2D eigenvalue weighted by Gasteiger charge is -2.44. The number of hydrogen-bond acceptors (Lipinski definition) is 7. The van der Waals surface area contributed by atoms with Crippen LogP contribution >= 0.6 is 34.2 Å². The lowest BCUT2D eigenvalue weighted by Crippen LogP contribution is -2.51. The van der Waals surface area contributed by atoms with Crippen LogP contribution in [0.15, 0.2) is 97.6 Å². The predicted octanol–water partition coefficient (Wildman–Crippen LogP) is 15.1. The Bertz CT molecular complexity index is 2560. The Hall–Kier alpha value is -3.38. The zero-order valence-corrected chi connectivity index (χ0v) is 49.7. The number of aromatic nitrogens is 4. The van der Waals surface area contributed by atoms with Crippen LogP contribution in [0, 0.1) is 15.4 Å². The van der Waals surface area contributed by atoms with Crippen LogP contribution in [-0.2, 0) is 17.9 Å². The minimum atomic E-state index is -1.99. The normalized spacial score (nSPS) is 16.4. The van der Waals surface area contributed by atoms with E-state index < -0.39 is 22.6 Å². The number of piperidine rings is 2. The molecular weight excluding hydrogens is 1050 g/mol. The molecule has 386 valence electrons. The number of benzene rings is 2. The molecule has 1 atom stereocenters. The molecule has 6 heterocycles. The second-order valence-corrected chi connectivity index (χ2v) is 35.2. The number of rotatable bonds is 15. The van der Waals surface area contributed by atoms with Crippen molar-refractivity contribution in [3.05, 3.63) is 123 Å². The van der Waals surface area contributed by atoms with Crippen LogP contribution in [0.2, 0.25) is 38.3 Å². The lowest BCUT2D eigenvalue weighted by atomic mass is 9.86. The van der Waals surface area contributed by atoms with Gasteiger partial charge >= 0.3 is 0 Å². The number of aliphatic hydroxyl groups is 1. The maximum atomic E-state index is 11.5. The standard InChI is InChI=1S/C29H43N3O2Si.C16H24ClIN2Si.C13H17NO/c1-20(2)35(21(3)4,22(5)6)32-17-14-25-27(26(33)18-30-29(25)32)28(34)24-12-15-31(16-13-24)19-23-10-8-7-9-11-23;1-10(2)21(11(3)4,12(5)6)20-8-7-13-15(18)14(17)9-19-16(13)20;15-11-13-6-8-14(9-7-13)10-12-4-2-1-3-5-12/h7-11,14,17-18,20-22,24,28,33-34H,12-13,15-16,19H2,1-6H3;7-12H,1-6H3;1-5,11,13H,6-10H2. The molecule has 0 aliphatic carbocycles. The van der Waals surface area contributed by atoms with E-state index >= 15 is 0 Å². The van der Waals surface area contributed by atoms with E-state index in [0.717, 1.165) is 96.5 Å². The summed E-state index contributed by atoms with van der Waals surface area (Å²) >= 11 is 8.56. The number of fused-ring (bicyclic) bond motifs is 2. The summed E-state index contributed by atoms with van der Waals surface area (Å²) in [4.78, 5) is 24.9. The van der Waals surface area contributed by atoms with Crippen LogP contribution in [-0.4, -0.2) is 87.4 Å². The predicted molar refractivity (Wildman–Crippen MR) is 312 cm³/mol. The number of hydrogen-bond donors (Lipinski definition) is 2. The molecule has 6 aromatic rings. The second kappa shape index (κ2) is 25.2. The van der Waals surface area contributed by atoms with Crippen LogP contribution in [0.25, 0.3) is 22.1 Å². The van der Waals surface area contributed by atoms with Crippen molar-refractivity contribution in [1.29, 1.82) is 0 Å². The number of aromatic hydroxyl groups is 1. The second-order valence-electron chi connectivity index (χ2n) is 22.3. The van der Waals surface area contributed by atoms with Crippen LogP contribution in [0.1, 0.15) is 132 Å². The van der Waals surface area contributed by atoms with Gasteiger partial charge in [-0.2, -0.15) is 0 Å². The summed E-state index contributed by atoms with van der Waals surface area (Å²) in [5, 5.41) is 25.2. The van der Waals surface area contributed by atoms with Gasteiger partial charge in [-0.15, -0.1) is 0 Å². The molecule has 2 fully saturated rings. The summed E-state index contributed by atoms with van der Waals surface area (Å²) in [6.45, 7) is 34.3. The quantitative estimate of drug-likeness (QED) is 0.0600. The highest BCUT2D eigenvalue weighted by atomic mass is 127. The zero-order valence-electron chi connectivity index (χ0n) is 44.8.